The van der Waals surface area contributed by atoms with Crippen molar-refractivity contribution in [2.75, 3.05) is 19.1 Å². The number of carbonyl (C=O) groups is 2. The number of ether oxygens (including phenoxy) is 2. The van der Waals surface area contributed by atoms with Gasteiger partial charge in [0.05, 0.1) is 42.3 Å². The average Bonchev–Trinajstić information content (AvgIpc) is 3.58. The highest BCUT2D eigenvalue weighted by Crippen LogP contribution is 2.59. The van der Waals surface area contributed by atoms with Gasteiger partial charge in [-0.05, 0) is 64.7 Å². The van der Waals surface area contributed by atoms with E-state index in [1.807, 2.05) is 60.7 Å². The van der Waals surface area contributed by atoms with Gasteiger partial charge in [0.25, 0.3) is 0 Å². The highest BCUT2D eigenvalue weighted by atomic mass is 35.5. The van der Waals surface area contributed by atoms with Crippen LogP contribution < -0.4 is 14.4 Å². The number of imide groups is 1. The Morgan fingerprint density at radius 2 is 1.25 bits per heavy atom. The molecule has 1 heterocycles. The fourth-order valence-electron chi connectivity index (χ4n) is 6.21. The zero-order chi connectivity index (χ0) is 28.3. The maximum Gasteiger partial charge on any atom is 0.416 e. The van der Waals surface area contributed by atoms with Gasteiger partial charge >= 0.3 is 6.18 Å². The lowest BCUT2D eigenvalue weighted by atomic mass is 9.85. The summed E-state index contributed by atoms with van der Waals surface area (Å²) in [5.41, 5.74) is 2.38. The zero-order valence-corrected chi connectivity index (χ0v) is 22.2. The molecule has 3 aliphatic rings. The summed E-state index contributed by atoms with van der Waals surface area (Å²) in [7, 11) is 3.17. The Morgan fingerprint density at radius 3 is 1.68 bits per heavy atom. The highest BCUT2D eigenvalue weighted by Gasteiger charge is 2.62. The van der Waals surface area contributed by atoms with E-state index in [4.69, 9.17) is 21.1 Å². The predicted octanol–water partition coefficient (Wildman–Crippen LogP) is 6.80. The smallest absolute Gasteiger partial charge is 0.416 e. The van der Waals surface area contributed by atoms with Crippen LogP contribution in [0.2, 0.25) is 5.02 Å². The number of allylic oxidation sites excluding steroid dienone is 3. The summed E-state index contributed by atoms with van der Waals surface area (Å²) in [6, 6.07) is 17.8. The van der Waals surface area contributed by atoms with Crippen molar-refractivity contribution in [2.24, 2.45) is 23.7 Å². The molecule has 1 aliphatic heterocycles. The van der Waals surface area contributed by atoms with Gasteiger partial charge < -0.3 is 9.47 Å². The zero-order valence-electron chi connectivity index (χ0n) is 21.4. The first-order valence-electron chi connectivity index (χ1n) is 12.6. The minimum atomic E-state index is -4.65. The second-order valence-corrected chi connectivity index (χ2v) is 10.4. The first-order chi connectivity index (χ1) is 19.1. The summed E-state index contributed by atoms with van der Waals surface area (Å²) in [4.78, 5) is 28.4. The average molecular weight is 566 g/mol. The second-order valence-electron chi connectivity index (χ2n) is 9.95. The summed E-state index contributed by atoms with van der Waals surface area (Å²) >= 11 is 6.23. The third-order valence-electron chi connectivity index (χ3n) is 7.98. The Balaban J connectivity index is 1.46. The molecule has 3 aromatic carbocycles. The van der Waals surface area contributed by atoms with Gasteiger partial charge in [-0.25, -0.2) is 4.90 Å². The van der Waals surface area contributed by atoms with Crippen LogP contribution in [0.4, 0.5) is 18.9 Å². The standard InChI is InChI=1S/C31H23ClF3NO4/c1-39-19-8-3-16(4-9-19)25(17-5-10-20(40-2)11-6-17)26-21-12-13-22(26)28-27(21)29(37)36(30(28)38)24-15-18(31(33,34)35)7-14-23(24)32/h3-15,21-22,27-28H,1-2H3. The third kappa shape index (κ3) is 4.01. The van der Waals surface area contributed by atoms with Crippen LogP contribution in [0.25, 0.3) is 5.57 Å². The van der Waals surface area contributed by atoms with Gasteiger partial charge in [-0.3, -0.25) is 9.59 Å². The van der Waals surface area contributed by atoms with Gasteiger partial charge in [-0.2, -0.15) is 13.2 Å². The molecule has 1 saturated heterocycles. The first kappa shape index (κ1) is 26.2. The molecule has 2 amide bonds. The molecular formula is C31H23ClF3NO4. The van der Waals surface area contributed by atoms with Crippen molar-refractivity contribution in [3.63, 3.8) is 0 Å². The number of methoxy groups -OCH3 is 2. The molecule has 2 fully saturated rings. The molecule has 40 heavy (non-hydrogen) atoms. The van der Waals surface area contributed by atoms with Gasteiger partial charge in [0.2, 0.25) is 11.8 Å². The number of carbonyl (C=O) groups excluding carboxylic acids is 2. The number of fused-ring (bicyclic) bond motifs is 5. The molecule has 6 rings (SSSR count). The fraction of sp³-hybridized carbons (Fsp3) is 0.226. The Bertz CT molecular complexity index is 1490. The van der Waals surface area contributed by atoms with Gasteiger partial charge in [0.1, 0.15) is 11.5 Å². The lowest BCUT2D eigenvalue weighted by molar-refractivity contribution is -0.137. The lowest BCUT2D eigenvalue weighted by Crippen LogP contribution is -2.33. The molecule has 5 nitrogen and oxygen atoms in total. The fourth-order valence-corrected chi connectivity index (χ4v) is 6.41. The number of nitrogens with zero attached hydrogens (tertiary/aromatic N) is 1. The third-order valence-corrected chi connectivity index (χ3v) is 8.30. The number of rotatable bonds is 5. The highest BCUT2D eigenvalue weighted by molar-refractivity contribution is 6.36. The molecular weight excluding hydrogens is 543 g/mol. The maximum atomic E-state index is 13.8. The van der Waals surface area contributed by atoms with E-state index in [2.05, 4.69) is 0 Å². The van der Waals surface area contributed by atoms with Gasteiger partial charge in [0.15, 0.2) is 0 Å². The van der Waals surface area contributed by atoms with Gasteiger partial charge in [-0.15, -0.1) is 0 Å². The van der Waals surface area contributed by atoms with E-state index in [0.717, 1.165) is 45.4 Å². The minimum Gasteiger partial charge on any atom is -0.497 e. The van der Waals surface area contributed by atoms with Crippen LogP contribution in [0.15, 0.2) is 84.5 Å². The number of amides is 2. The monoisotopic (exact) mass is 565 g/mol. The van der Waals surface area contributed by atoms with Crippen LogP contribution in [0, 0.1) is 23.7 Å². The van der Waals surface area contributed by atoms with Crippen molar-refractivity contribution in [2.45, 2.75) is 6.18 Å². The molecule has 0 aromatic heterocycles. The summed E-state index contributed by atoms with van der Waals surface area (Å²) in [6.45, 7) is 0. The molecule has 0 N–H and O–H groups in total. The normalized spacial score (nSPS) is 23.1. The topological polar surface area (TPSA) is 55.8 Å². The molecule has 3 aromatic rings. The van der Waals surface area contributed by atoms with E-state index in [0.29, 0.717) is 11.5 Å². The Kier molecular flexibility index (Phi) is 6.26. The van der Waals surface area contributed by atoms with E-state index in [1.54, 1.807) is 14.2 Å². The van der Waals surface area contributed by atoms with E-state index in [9.17, 15) is 22.8 Å². The van der Waals surface area contributed by atoms with Crippen molar-refractivity contribution in [1.82, 2.24) is 0 Å². The molecule has 2 aliphatic carbocycles. The SMILES string of the molecule is COc1ccc(C(=C2C3C=CC2C2C(=O)N(c4cc(C(F)(F)F)ccc4Cl)C(=O)C32)c2ccc(OC)cc2)cc1. The number of anilines is 1. The van der Waals surface area contributed by atoms with E-state index < -0.39 is 47.2 Å². The number of hydrogen-bond donors (Lipinski definition) is 0. The number of alkyl halides is 3. The molecule has 204 valence electrons. The van der Waals surface area contributed by atoms with E-state index >= 15 is 0 Å². The molecule has 0 spiro atoms. The van der Waals surface area contributed by atoms with Crippen molar-refractivity contribution in [3.05, 3.63) is 106 Å². The summed E-state index contributed by atoms with van der Waals surface area (Å²) in [5, 5.41) is -0.0945. The Hall–Kier alpha value is -4.04. The second kappa shape index (κ2) is 9.55. The predicted molar refractivity (Wildman–Crippen MR) is 144 cm³/mol. The first-order valence-corrected chi connectivity index (χ1v) is 13.0. The molecule has 4 atom stereocenters. The van der Waals surface area contributed by atoms with E-state index in [-0.39, 0.29) is 10.7 Å². The number of halogens is 4. The maximum absolute atomic E-state index is 13.8. The molecule has 2 bridgehead atoms. The van der Waals surface area contributed by atoms with Crippen molar-refractivity contribution in [3.8, 4) is 11.5 Å². The van der Waals surface area contributed by atoms with Crippen LogP contribution in [-0.4, -0.2) is 26.0 Å². The van der Waals surface area contributed by atoms with Crippen molar-refractivity contribution < 1.29 is 32.2 Å². The van der Waals surface area contributed by atoms with Gasteiger partial charge in [0, 0.05) is 11.8 Å². The Labute approximate surface area is 233 Å². The van der Waals surface area contributed by atoms with Crippen molar-refractivity contribution >= 4 is 34.7 Å². The molecule has 0 radical (unpaired) electrons. The molecule has 9 heteroatoms. The minimum absolute atomic E-state index is 0.0945. The largest absolute Gasteiger partial charge is 0.497 e. The molecule has 1 saturated carbocycles. The summed E-state index contributed by atoms with van der Waals surface area (Å²) in [5.74, 6) is -2.01. The number of benzene rings is 3. The molecule has 4 unspecified atom stereocenters. The summed E-state index contributed by atoms with van der Waals surface area (Å²) in [6.07, 6.45) is -0.795. The van der Waals surface area contributed by atoms with Crippen LogP contribution in [-0.2, 0) is 15.8 Å². The van der Waals surface area contributed by atoms with Crippen LogP contribution in [0.5, 0.6) is 11.5 Å². The van der Waals surface area contributed by atoms with Gasteiger partial charge in [-0.1, -0.05) is 48.0 Å². The van der Waals surface area contributed by atoms with Crippen LogP contribution in [0.3, 0.4) is 0 Å². The summed E-state index contributed by atoms with van der Waals surface area (Å²) < 4.78 is 51.0. The lowest BCUT2D eigenvalue weighted by Gasteiger charge is -2.23. The van der Waals surface area contributed by atoms with Crippen molar-refractivity contribution in [1.29, 1.82) is 0 Å². The van der Waals surface area contributed by atoms with Crippen LogP contribution in [0.1, 0.15) is 16.7 Å². The van der Waals surface area contributed by atoms with E-state index in [1.165, 1.54) is 0 Å². The van der Waals surface area contributed by atoms with Crippen LogP contribution >= 0.6 is 11.6 Å². The Morgan fingerprint density at radius 1 is 0.775 bits per heavy atom. The quantitative estimate of drug-likeness (QED) is 0.252. The number of hydrogen-bond acceptors (Lipinski definition) is 4.